The molecule has 0 radical (unpaired) electrons. The monoisotopic (exact) mass is 152 g/mol. The van der Waals surface area contributed by atoms with Crippen LogP contribution in [0, 0.1) is 12.3 Å². The summed E-state index contributed by atoms with van der Waals surface area (Å²) in [5.41, 5.74) is -0.855. The van der Waals surface area contributed by atoms with E-state index in [1.165, 1.54) is 12.3 Å². The summed E-state index contributed by atoms with van der Waals surface area (Å²) in [6.45, 7) is 1.65. The van der Waals surface area contributed by atoms with E-state index >= 15 is 0 Å². The first-order valence-corrected chi connectivity index (χ1v) is 2.86. The van der Waals surface area contributed by atoms with Crippen LogP contribution in [0.1, 0.15) is 6.92 Å². The molecule has 0 aliphatic heterocycles. The number of aromatic nitrogens is 2. The van der Waals surface area contributed by atoms with Crippen LogP contribution >= 0.6 is 0 Å². The molecule has 0 aliphatic rings. The molecule has 0 aliphatic carbocycles. The summed E-state index contributed by atoms with van der Waals surface area (Å²) >= 11 is 0. The van der Waals surface area contributed by atoms with Crippen molar-refractivity contribution in [3.8, 4) is 12.3 Å². The third kappa shape index (κ3) is 4.73. The smallest absolute Gasteiger partial charge is 0.314 e. The van der Waals surface area contributed by atoms with Crippen LogP contribution in [0.25, 0.3) is 0 Å². The van der Waals surface area contributed by atoms with Crippen LogP contribution in [-0.4, -0.2) is 9.97 Å². The first-order valence-electron chi connectivity index (χ1n) is 2.86. The molecule has 0 aromatic carbocycles. The van der Waals surface area contributed by atoms with E-state index in [9.17, 15) is 9.59 Å². The molecule has 1 aromatic rings. The van der Waals surface area contributed by atoms with E-state index in [-0.39, 0.29) is 5.56 Å². The predicted octanol–water partition coefficient (Wildman–Crippen LogP) is -0.297. The molecule has 4 nitrogen and oxygen atoms in total. The number of terminal acetylenes is 1. The van der Waals surface area contributed by atoms with Gasteiger partial charge in [0.15, 0.2) is 0 Å². The molecule has 1 rings (SSSR count). The summed E-state index contributed by atoms with van der Waals surface area (Å²) in [4.78, 5) is 24.7. The molecule has 0 spiro atoms. The molecule has 58 valence electrons. The maximum absolute atomic E-state index is 10.2. The lowest BCUT2D eigenvalue weighted by Crippen LogP contribution is -2.19. The molecule has 11 heavy (non-hydrogen) atoms. The zero-order chi connectivity index (χ0) is 8.69. The second kappa shape index (κ2) is 5.06. The Morgan fingerprint density at radius 3 is 2.36 bits per heavy atom. The van der Waals surface area contributed by atoms with Crippen molar-refractivity contribution in [1.82, 2.24) is 9.97 Å². The van der Waals surface area contributed by atoms with Gasteiger partial charge in [-0.05, 0) is 6.92 Å². The minimum atomic E-state index is -0.475. The van der Waals surface area contributed by atoms with Gasteiger partial charge in [-0.1, -0.05) is 0 Å². The van der Waals surface area contributed by atoms with Gasteiger partial charge >= 0.3 is 5.69 Å². The molecule has 0 bridgehead atoms. The van der Waals surface area contributed by atoms with Crippen molar-refractivity contribution in [3.05, 3.63) is 33.1 Å². The Morgan fingerprint density at radius 2 is 2.09 bits per heavy atom. The Balaban J connectivity index is 0.000000292. The van der Waals surface area contributed by atoms with E-state index < -0.39 is 5.69 Å². The summed E-state index contributed by atoms with van der Waals surface area (Å²) < 4.78 is 0. The van der Waals surface area contributed by atoms with Crippen LogP contribution in [-0.2, 0) is 0 Å². The molecular formula is C7H8N2O2. The average Bonchev–Trinajstić information content (AvgIpc) is 1.88. The highest BCUT2D eigenvalue weighted by atomic mass is 16.2. The van der Waals surface area contributed by atoms with E-state index in [0.717, 1.165) is 0 Å². The van der Waals surface area contributed by atoms with Crippen LogP contribution in [0.15, 0.2) is 21.9 Å². The summed E-state index contributed by atoms with van der Waals surface area (Å²) in [5.74, 6) is 2.25. The molecule has 1 aromatic heterocycles. The van der Waals surface area contributed by atoms with E-state index in [0.29, 0.717) is 0 Å². The van der Waals surface area contributed by atoms with Gasteiger partial charge in [-0.3, -0.25) is 9.78 Å². The fourth-order valence-electron chi connectivity index (χ4n) is 0.383. The van der Waals surface area contributed by atoms with Crippen LogP contribution in [0.5, 0.6) is 0 Å². The molecule has 2 N–H and O–H groups in total. The number of aromatic amines is 2. The van der Waals surface area contributed by atoms with Gasteiger partial charge in [0, 0.05) is 12.3 Å². The molecule has 0 atom stereocenters. The Morgan fingerprint density at radius 1 is 1.55 bits per heavy atom. The fourth-order valence-corrected chi connectivity index (χ4v) is 0.383. The second-order valence-electron chi connectivity index (χ2n) is 1.58. The van der Waals surface area contributed by atoms with Crippen molar-refractivity contribution in [2.24, 2.45) is 0 Å². The van der Waals surface area contributed by atoms with Crippen molar-refractivity contribution < 1.29 is 0 Å². The Kier molecular flexibility index (Phi) is 4.25. The SMILES string of the molecule is C#CC.O=c1cc[nH]c(=O)[nH]1. The van der Waals surface area contributed by atoms with Gasteiger partial charge in [-0.15, -0.1) is 12.3 Å². The zero-order valence-corrected chi connectivity index (χ0v) is 6.05. The zero-order valence-electron chi connectivity index (χ0n) is 6.05. The quantitative estimate of drug-likeness (QED) is 0.501. The maximum atomic E-state index is 10.2. The molecule has 4 heteroatoms. The topological polar surface area (TPSA) is 65.7 Å². The van der Waals surface area contributed by atoms with Gasteiger partial charge < -0.3 is 4.98 Å². The van der Waals surface area contributed by atoms with Crippen LogP contribution in [0.3, 0.4) is 0 Å². The largest absolute Gasteiger partial charge is 0.325 e. The highest BCUT2D eigenvalue weighted by molar-refractivity contribution is 4.77. The number of H-pyrrole nitrogens is 2. The number of hydrogen-bond acceptors (Lipinski definition) is 2. The van der Waals surface area contributed by atoms with E-state index in [4.69, 9.17) is 0 Å². The van der Waals surface area contributed by atoms with Crippen molar-refractivity contribution >= 4 is 0 Å². The summed E-state index contributed by atoms with van der Waals surface area (Å²) in [6.07, 6.45) is 5.89. The number of rotatable bonds is 0. The van der Waals surface area contributed by atoms with Crippen molar-refractivity contribution in [2.75, 3.05) is 0 Å². The van der Waals surface area contributed by atoms with Gasteiger partial charge in [-0.2, -0.15) is 0 Å². The van der Waals surface area contributed by atoms with Gasteiger partial charge in [0.05, 0.1) is 0 Å². The Hall–Kier alpha value is -1.76. The summed E-state index contributed by atoms with van der Waals surface area (Å²) in [5, 5.41) is 0. The molecule has 0 saturated heterocycles. The predicted molar refractivity (Wildman–Crippen MR) is 42.2 cm³/mol. The minimum Gasteiger partial charge on any atom is -0.314 e. The first-order chi connectivity index (χ1) is 5.20. The lowest BCUT2D eigenvalue weighted by Gasteiger charge is -1.75. The lowest BCUT2D eigenvalue weighted by molar-refractivity contribution is 1.04. The third-order valence-corrected chi connectivity index (χ3v) is 0.686. The average molecular weight is 152 g/mol. The van der Waals surface area contributed by atoms with Gasteiger partial charge in [0.25, 0.3) is 5.56 Å². The molecule has 1 heterocycles. The molecule has 0 unspecified atom stereocenters. The van der Waals surface area contributed by atoms with E-state index in [1.807, 2.05) is 4.98 Å². The number of nitrogens with one attached hydrogen (secondary N) is 2. The maximum Gasteiger partial charge on any atom is 0.325 e. The molecule has 0 fully saturated rings. The minimum absolute atomic E-state index is 0.381. The summed E-state index contributed by atoms with van der Waals surface area (Å²) in [6, 6.07) is 1.24. The van der Waals surface area contributed by atoms with E-state index in [1.54, 1.807) is 6.92 Å². The Bertz CT molecular complexity index is 317. The third-order valence-electron chi connectivity index (χ3n) is 0.686. The van der Waals surface area contributed by atoms with Crippen molar-refractivity contribution in [2.45, 2.75) is 6.92 Å². The van der Waals surface area contributed by atoms with Gasteiger partial charge in [0.1, 0.15) is 0 Å². The first kappa shape index (κ1) is 9.24. The Labute approximate surface area is 63.3 Å². The summed E-state index contributed by atoms with van der Waals surface area (Å²) in [7, 11) is 0. The van der Waals surface area contributed by atoms with Crippen molar-refractivity contribution in [1.29, 1.82) is 0 Å². The standard InChI is InChI=1S/C4H4N2O2.C3H4/c7-3-1-2-5-4(8)6-3;1-3-2/h1-2H,(H2,5,6,7,8);1H,2H3. The van der Waals surface area contributed by atoms with Crippen LogP contribution in [0.2, 0.25) is 0 Å². The van der Waals surface area contributed by atoms with Gasteiger partial charge in [-0.25, -0.2) is 4.79 Å². The van der Waals surface area contributed by atoms with Crippen molar-refractivity contribution in [3.63, 3.8) is 0 Å². The van der Waals surface area contributed by atoms with Gasteiger partial charge in [0.2, 0.25) is 0 Å². The molecular weight excluding hydrogens is 144 g/mol. The second-order valence-corrected chi connectivity index (χ2v) is 1.58. The van der Waals surface area contributed by atoms with Crippen LogP contribution < -0.4 is 11.2 Å². The fraction of sp³-hybridized carbons (Fsp3) is 0.143. The number of hydrogen-bond donors (Lipinski definition) is 2. The normalized spacial score (nSPS) is 7.27. The lowest BCUT2D eigenvalue weighted by atomic mass is 10.7. The highest BCUT2D eigenvalue weighted by Crippen LogP contribution is 1.51. The highest BCUT2D eigenvalue weighted by Gasteiger charge is 1.77. The molecule has 0 amide bonds. The molecule has 0 saturated carbocycles. The van der Waals surface area contributed by atoms with E-state index in [2.05, 4.69) is 17.3 Å². The van der Waals surface area contributed by atoms with Crippen LogP contribution in [0.4, 0.5) is 0 Å².